The second-order valence-electron chi connectivity index (χ2n) is 6.29. The number of carbonyl (C=O) groups is 3. The zero-order valence-electron chi connectivity index (χ0n) is 16.3. The van der Waals surface area contributed by atoms with E-state index >= 15 is 0 Å². The number of likely N-dealkylation sites (N-methyl/N-ethyl adjacent to an activating group) is 1. The van der Waals surface area contributed by atoms with Crippen LogP contribution in [0.2, 0.25) is 5.02 Å². The van der Waals surface area contributed by atoms with Crippen LogP contribution < -0.4 is 15.8 Å². The first-order chi connectivity index (χ1) is 13.7. The Bertz CT molecular complexity index is 932. The van der Waals surface area contributed by atoms with E-state index in [1.807, 2.05) is 6.92 Å². The number of nitrogens with one attached hydrogen (secondary N) is 1. The van der Waals surface area contributed by atoms with E-state index in [-0.39, 0.29) is 12.1 Å². The van der Waals surface area contributed by atoms with E-state index < -0.39 is 24.4 Å². The van der Waals surface area contributed by atoms with Crippen molar-refractivity contribution < 1.29 is 23.9 Å². The first-order valence-corrected chi connectivity index (χ1v) is 8.99. The smallest absolute Gasteiger partial charge is 0.338 e. The van der Waals surface area contributed by atoms with E-state index in [9.17, 15) is 14.4 Å². The third kappa shape index (κ3) is 6.11. The van der Waals surface area contributed by atoms with Gasteiger partial charge in [-0.05, 0) is 42.8 Å². The lowest BCUT2D eigenvalue weighted by Gasteiger charge is -2.17. The molecule has 0 aliphatic heterocycles. The highest BCUT2D eigenvalue weighted by Gasteiger charge is 2.17. The van der Waals surface area contributed by atoms with Gasteiger partial charge in [-0.15, -0.1) is 0 Å². The number of benzene rings is 2. The number of carbonyl (C=O) groups excluding carboxylic acids is 3. The van der Waals surface area contributed by atoms with E-state index in [1.54, 1.807) is 24.3 Å². The number of anilines is 2. The molecule has 0 atom stereocenters. The highest BCUT2D eigenvalue weighted by molar-refractivity contribution is 6.31. The number of rotatable bonds is 7. The largest absolute Gasteiger partial charge is 0.495 e. The van der Waals surface area contributed by atoms with Gasteiger partial charge in [0.25, 0.3) is 5.91 Å². The molecule has 0 unspecified atom stereocenters. The normalized spacial score (nSPS) is 10.2. The second-order valence-corrected chi connectivity index (χ2v) is 6.73. The lowest BCUT2D eigenvalue weighted by molar-refractivity contribution is -0.136. The molecule has 2 rings (SSSR count). The Hall–Kier alpha value is -3.26. The predicted molar refractivity (Wildman–Crippen MR) is 110 cm³/mol. The zero-order chi connectivity index (χ0) is 21.6. The first-order valence-electron chi connectivity index (χ1n) is 8.62. The molecule has 0 bridgehead atoms. The SMILES string of the molecule is COc1ccc(Cl)cc1NC(=O)CN(C)C(=O)COC(=O)c1ccc(C)c(N)c1. The number of nitrogens with two attached hydrogens (primary N) is 1. The lowest BCUT2D eigenvalue weighted by atomic mass is 10.1. The number of nitrogens with zero attached hydrogens (tertiary/aromatic N) is 1. The molecule has 0 fully saturated rings. The third-order valence-electron chi connectivity index (χ3n) is 4.08. The van der Waals surface area contributed by atoms with Crippen LogP contribution in [0.25, 0.3) is 0 Å². The molecule has 0 heterocycles. The van der Waals surface area contributed by atoms with Crippen LogP contribution in [0.4, 0.5) is 11.4 Å². The van der Waals surface area contributed by atoms with Crippen LogP contribution in [-0.4, -0.2) is 50.0 Å². The molecule has 9 heteroatoms. The molecule has 2 aromatic carbocycles. The van der Waals surface area contributed by atoms with Gasteiger partial charge in [-0.1, -0.05) is 17.7 Å². The number of hydrogen-bond donors (Lipinski definition) is 2. The topological polar surface area (TPSA) is 111 Å². The van der Waals surface area contributed by atoms with Gasteiger partial charge in [-0.2, -0.15) is 0 Å². The molecule has 154 valence electrons. The number of hydrogen-bond acceptors (Lipinski definition) is 6. The van der Waals surface area contributed by atoms with Crippen molar-refractivity contribution >= 4 is 40.8 Å². The maximum atomic E-state index is 12.2. The minimum Gasteiger partial charge on any atom is -0.495 e. The lowest BCUT2D eigenvalue weighted by Crippen LogP contribution is -2.37. The summed E-state index contributed by atoms with van der Waals surface area (Å²) in [5.74, 6) is -1.24. The van der Waals surface area contributed by atoms with Crippen LogP contribution in [0.5, 0.6) is 5.75 Å². The average molecular weight is 420 g/mol. The van der Waals surface area contributed by atoms with Gasteiger partial charge in [0, 0.05) is 17.8 Å². The molecule has 0 aliphatic carbocycles. The van der Waals surface area contributed by atoms with Crippen LogP contribution in [0.15, 0.2) is 36.4 Å². The summed E-state index contributed by atoms with van der Waals surface area (Å²) in [5, 5.41) is 3.05. The molecule has 0 aliphatic rings. The minimum absolute atomic E-state index is 0.245. The Morgan fingerprint density at radius 3 is 2.55 bits per heavy atom. The van der Waals surface area contributed by atoms with E-state index in [0.29, 0.717) is 22.1 Å². The molecule has 2 amide bonds. The number of methoxy groups -OCH3 is 1. The Morgan fingerprint density at radius 1 is 1.17 bits per heavy atom. The number of nitrogen functional groups attached to an aromatic ring is 1. The van der Waals surface area contributed by atoms with Crippen LogP contribution in [-0.2, 0) is 14.3 Å². The third-order valence-corrected chi connectivity index (χ3v) is 4.32. The minimum atomic E-state index is -0.674. The molecule has 3 N–H and O–H groups in total. The monoisotopic (exact) mass is 419 g/mol. The molecule has 0 aromatic heterocycles. The van der Waals surface area contributed by atoms with Gasteiger partial charge in [0.1, 0.15) is 5.75 Å². The Balaban J connectivity index is 1.88. The Kier molecular flexibility index (Phi) is 7.44. The summed E-state index contributed by atoms with van der Waals surface area (Å²) >= 11 is 5.93. The highest BCUT2D eigenvalue weighted by atomic mass is 35.5. The van der Waals surface area contributed by atoms with Crippen LogP contribution in [0, 0.1) is 6.92 Å². The van der Waals surface area contributed by atoms with Gasteiger partial charge in [0.15, 0.2) is 6.61 Å². The van der Waals surface area contributed by atoms with Gasteiger partial charge in [-0.25, -0.2) is 4.79 Å². The van der Waals surface area contributed by atoms with Gasteiger partial charge >= 0.3 is 5.97 Å². The van der Waals surface area contributed by atoms with Crippen molar-refractivity contribution in [1.82, 2.24) is 4.90 Å². The quantitative estimate of drug-likeness (QED) is 0.527. The fourth-order valence-electron chi connectivity index (χ4n) is 2.36. The van der Waals surface area contributed by atoms with Gasteiger partial charge in [-0.3, -0.25) is 9.59 Å². The number of halogens is 1. The van der Waals surface area contributed by atoms with Crippen LogP contribution >= 0.6 is 11.6 Å². The fraction of sp³-hybridized carbons (Fsp3) is 0.250. The van der Waals surface area contributed by atoms with Crippen molar-refractivity contribution in [3.8, 4) is 5.75 Å². The summed E-state index contributed by atoms with van der Waals surface area (Å²) in [6.45, 7) is 1.06. The average Bonchev–Trinajstić information content (AvgIpc) is 2.67. The zero-order valence-corrected chi connectivity index (χ0v) is 17.1. The van der Waals surface area contributed by atoms with Crippen molar-refractivity contribution in [2.24, 2.45) is 0 Å². The summed E-state index contributed by atoms with van der Waals surface area (Å²) in [7, 11) is 2.89. The van der Waals surface area contributed by atoms with Crippen LogP contribution in [0.3, 0.4) is 0 Å². The molecule has 0 saturated heterocycles. The van der Waals surface area contributed by atoms with E-state index in [1.165, 1.54) is 26.3 Å². The van der Waals surface area contributed by atoms with Gasteiger partial charge in [0.2, 0.25) is 5.91 Å². The molecule has 2 aromatic rings. The Morgan fingerprint density at radius 2 is 1.90 bits per heavy atom. The van der Waals surface area contributed by atoms with E-state index in [2.05, 4.69) is 5.32 Å². The molecule has 0 saturated carbocycles. The van der Waals surface area contributed by atoms with Crippen LogP contribution in [0.1, 0.15) is 15.9 Å². The summed E-state index contributed by atoms with van der Waals surface area (Å²) < 4.78 is 10.2. The molecule has 0 radical (unpaired) electrons. The second kappa shape index (κ2) is 9.79. The van der Waals surface area contributed by atoms with Crippen molar-refractivity contribution in [2.75, 3.05) is 38.4 Å². The highest BCUT2D eigenvalue weighted by Crippen LogP contribution is 2.27. The fourth-order valence-corrected chi connectivity index (χ4v) is 2.53. The first kappa shape index (κ1) is 22.0. The van der Waals surface area contributed by atoms with E-state index in [4.69, 9.17) is 26.8 Å². The molecule has 29 heavy (non-hydrogen) atoms. The molecule has 8 nitrogen and oxygen atoms in total. The molecular formula is C20H22ClN3O5. The van der Waals surface area contributed by atoms with Crippen molar-refractivity contribution in [3.63, 3.8) is 0 Å². The maximum Gasteiger partial charge on any atom is 0.338 e. The van der Waals surface area contributed by atoms with E-state index in [0.717, 1.165) is 10.5 Å². The summed E-state index contributed by atoms with van der Waals surface area (Å²) in [4.78, 5) is 37.6. The summed E-state index contributed by atoms with van der Waals surface area (Å²) in [6, 6.07) is 9.51. The number of esters is 1. The maximum absolute atomic E-state index is 12.2. The molecular weight excluding hydrogens is 398 g/mol. The standard InChI is InChI=1S/C20H22ClN3O5/c1-12-4-5-13(8-15(12)22)20(27)29-11-19(26)24(2)10-18(25)23-16-9-14(21)6-7-17(16)28-3/h4-9H,10-11,22H2,1-3H3,(H,23,25). The number of amides is 2. The number of ether oxygens (including phenoxy) is 2. The predicted octanol–water partition coefficient (Wildman–Crippen LogP) is 2.49. The van der Waals surface area contributed by atoms with Gasteiger partial charge < -0.3 is 25.4 Å². The van der Waals surface area contributed by atoms with Crippen molar-refractivity contribution in [2.45, 2.75) is 6.92 Å². The summed E-state index contributed by atoms with van der Waals surface area (Å²) in [5.41, 5.74) is 7.68. The molecule has 0 spiro atoms. The van der Waals surface area contributed by atoms with Crippen molar-refractivity contribution in [3.05, 3.63) is 52.5 Å². The Labute approximate surface area is 173 Å². The summed E-state index contributed by atoms with van der Waals surface area (Å²) in [6.07, 6.45) is 0. The number of aryl methyl sites for hydroxylation is 1. The van der Waals surface area contributed by atoms with Crippen molar-refractivity contribution in [1.29, 1.82) is 0 Å². The van der Waals surface area contributed by atoms with Gasteiger partial charge in [0.05, 0.1) is 24.9 Å².